The van der Waals surface area contributed by atoms with Gasteiger partial charge in [-0.1, -0.05) is 66.7 Å². The quantitative estimate of drug-likeness (QED) is 0.309. The molecule has 0 N–H and O–H groups in total. The third-order valence-corrected chi connectivity index (χ3v) is 5.52. The fraction of sp³-hybridized carbons (Fsp3) is 0.250. The van der Waals surface area contributed by atoms with Crippen LogP contribution < -0.4 is 4.74 Å². The smallest absolute Gasteiger partial charge is 0.410 e. The van der Waals surface area contributed by atoms with Crippen LogP contribution in [0.5, 0.6) is 5.75 Å². The third kappa shape index (κ3) is 7.17. The molecular formula is C28H29NO6. The molecule has 0 heterocycles. The lowest BCUT2D eigenvalue weighted by molar-refractivity contribution is -0.146. The van der Waals surface area contributed by atoms with Gasteiger partial charge in [0, 0.05) is 13.5 Å². The number of ketones is 1. The second-order valence-corrected chi connectivity index (χ2v) is 8.06. The summed E-state index contributed by atoms with van der Waals surface area (Å²) in [5.74, 6) is -0.298. The Balaban J connectivity index is 1.73. The number of carbonyl (C=O) groups excluding carboxylic acids is 3. The molecule has 0 spiro atoms. The molecule has 182 valence electrons. The molecule has 1 amide bonds. The number of Topliss-reactive ketones (excluding diaryl/α,β-unsaturated/α-hetero) is 1. The average molecular weight is 476 g/mol. The van der Waals surface area contributed by atoms with Crippen LogP contribution in [0.15, 0.2) is 78.9 Å². The standard InChI is InChI=1S/C28H29NO6/c1-20(30)24-16-23(14-15-26(24)34-18-21-10-6-4-7-11-21)17-25(27(31)33-3)29(2)28(32)35-19-22-12-8-5-9-13-22/h4-16,25H,17-19H2,1-3H3/t25-/m0/s1. The molecule has 0 radical (unpaired) electrons. The summed E-state index contributed by atoms with van der Waals surface area (Å²) >= 11 is 0. The van der Waals surface area contributed by atoms with Crippen molar-refractivity contribution in [2.75, 3.05) is 14.2 Å². The van der Waals surface area contributed by atoms with Gasteiger partial charge in [0.25, 0.3) is 0 Å². The predicted octanol–water partition coefficient (Wildman–Crippen LogP) is 4.82. The fourth-order valence-corrected chi connectivity index (χ4v) is 3.53. The van der Waals surface area contributed by atoms with Gasteiger partial charge >= 0.3 is 12.1 Å². The zero-order valence-corrected chi connectivity index (χ0v) is 20.1. The topological polar surface area (TPSA) is 82.1 Å². The summed E-state index contributed by atoms with van der Waals surface area (Å²) < 4.78 is 16.2. The SMILES string of the molecule is COC(=O)[C@H](Cc1ccc(OCc2ccccc2)c(C(C)=O)c1)N(C)C(=O)OCc1ccccc1. The molecule has 0 aliphatic carbocycles. The summed E-state index contributed by atoms with van der Waals surface area (Å²) in [5.41, 5.74) is 2.89. The highest BCUT2D eigenvalue weighted by Gasteiger charge is 2.29. The van der Waals surface area contributed by atoms with Gasteiger partial charge in [-0.3, -0.25) is 9.69 Å². The highest BCUT2D eigenvalue weighted by atomic mass is 16.6. The molecule has 0 aliphatic rings. The minimum Gasteiger partial charge on any atom is -0.488 e. The number of methoxy groups -OCH3 is 1. The average Bonchev–Trinajstić information content (AvgIpc) is 2.89. The van der Waals surface area contributed by atoms with Crippen LogP contribution in [-0.2, 0) is 33.9 Å². The van der Waals surface area contributed by atoms with Crippen LogP contribution in [0.3, 0.4) is 0 Å². The lowest BCUT2D eigenvalue weighted by Crippen LogP contribution is -2.44. The minimum atomic E-state index is -0.931. The van der Waals surface area contributed by atoms with Crippen LogP contribution >= 0.6 is 0 Å². The molecule has 3 aromatic rings. The van der Waals surface area contributed by atoms with E-state index in [-0.39, 0.29) is 18.8 Å². The molecule has 0 saturated carbocycles. The molecule has 0 unspecified atom stereocenters. The van der Waals surface area contributed by atoms with Crippen LogP contribution in [-0.4, -0.2) is 42.9 Å². The van der Waals surface area contributed by atoms with Crippen molar-refractivity contribution < 1.29 is 28.6 Å². The summed E-state index contributed by atoms with van der Waals surface area (Å²) in [6.07, 6.45) is -0.512. The molecule has 1 atom stereocenters. The van der Waals surface area contributed by atoms with Crippen LogP contribution in [0.2, 0.25) is 0 Å². The predicted molar refractivity (Wildman–Crippen MR) is 131 cm³/mol. The molecule has 3 rings (SSSR count). The Morgan fingerprint density at radius 1 is 0.829 bits per heavy atom. The minimum absolute atomic E-state index is 0.0832. The van der Waals surface area contributed by atoms with E-state index in [1.807, 2.05) is 60.7 Å². The van der Waals surface area contributed by atoms with E-state index in [4.69, 9.17) is 14.2 Å². The van der Waals surface area contributed by atoms with Crippen LogP contribution in [0.1, 0.15) is 34.0 Å². The zero-order chi connectivity index (χ0) is 25.2. The van der Waals surface area contributed by atoms with Gasteiger partial charge in [0.2, 0.25) is 0 Å². The molecule has 7 heteroatoms. The van der Waals surface area contributed by atoms with E-state index in [9.17, 15) is 14.4 Å². The van der Waals surface area contributed by atoms with Gasteiger partial charge in [-0.05, 0) is 35.7 Å². The van der Waals surface area contributed by atoms with Gasteiger partial charge in [0.15, 0.2) is 5.78 Å². The van der Waals surface area contributed by atoms with Gasteiger partial charge in [-0.15, -0.1) is 0 Å². The third-order valence-electron chi connectivity index (χ3n) is 5.52. The van der Waals surface area contributed by atoms with Crippen molar-refractivity contribution in [3.63, 3.8) is 0 Å². The molecule has 7 nitrogen and oxygen atoms in total. The maximum absolute atomic E-state index is 12.6. The van der Waals surface area contributed by atoms with E-state index in [2.05, 4.69) is 0 Å². The maximum atomic E-state index is 12.6. The van der Waals surface area contributed by atoms with Gasteiger partial charge in [0.05, 0.1) is 12.7 Å². The second kappa shape index (κ2) is 12.4. The van der Waals surface area contributed by atoms with Crippen LogP contribution in [0.25, 0.3) is 0 Å². The highest BCUT2D eigenvalue weighted by Crippen LogP contribution is 2.24. The summed E-state index contributed by atoms with van der Waals surface area (Å²) in [4.78, 5) is 38.7. The number of amides is 1. The molecule has 0 bridgehead atoms. The highest BCUT2D eigenvalue weighted by molar-refractivity contribution is 5.97. The lowest BCUT2D eigenvalue weighted by atomic mass is 10.0. The number of likely N-dealkylation sites (N-methyl/N-ethyl adjacent to an activating group) is 1. The Kier molecular flexibility index (Phi) is 9.01. The van der Waals surface area contributed by atoms with Crippen molar-refractivity contribution in [3.05, 3.63) is 101 Å². The Morgan fingerprint density at radius 3 is 2.00 bits per heavy atom. The van der Waals surface area contributed by atoms with E-state index < -0.39 is 18.1 Å². The van der Waals surface area contributed by atoms with Crippen molar-refractivity contribution in [1.29, 1.82) is 0 Å². The van der Waals surface area contributed by atoms with Crippen molar-refractivity contribution >= 4 is 17.8 Å². The molecule has 0 saturated heterocycles. The Hall–Kier alpha value is -4.13. The normalized spacial score (nSPS) is 11.3. The zero-order valence-electron chi connectivity index (χ0n) is 20.1. The van der Waals surface area contributed by atoms with Gasteiger partial charge < -0.3 is 14.2 Å². The summed E-state index contributed by atoms with van der Waals surface area (Å²) in [7, 11) is 2.75. The Bertz CT molecular complexity index is 1150. The fourth-order valence-electron chi connectivity index (χ4n) is 3.53. The summed E-state index contributed by atoms with van der Waals surface area (Å²) in [5, 5.41) is 0. The number of ether oxygens (including phenoxy) is 3. The van der Waals surface area contributed by atoms with Gasteiger partial charge in [0.1, 0.15) is 25.0 Å². The molecule has 0 aromatic heterocycles. The number of carbonyl (C=O) groups is 3. The van der Waals surface area contributed by atoms with E-state index in [1.54, 1.807) is 18.2 Å². The Morgan fingerprint density at radius 2 is 1.43 bits per heavy atom. The first-order valence-corrected chi connectivity index (χ1v) is 11.2. The number of esters is 1. The molecule has 0 fully saturated rings. The second-order valence-electron chi connectivity index (χ2n) is 8.06. The van der Waals surface area contributed by atoms with E-state index >= 15 is 0 Å². The number of hydrogen-bond donors (Lipinski definition) is 0. The lowest BCUT2D eigenvalue weighted by Gasteiger charge is -2.26. The van der Waals surface area contributed by atoms with Crippen molar-refractivity contribution in [2.24, 2.45) is 0 Å². The van der Waals surface area contributed by atoms with E-state index in [0.717, 1.165) is 11.1 Å². The number of benzene rings is 3. The van der Waals surface area contributed by atoms with Gasteiger partial charge in [-0.2, -0.15) is 0 Å². The first kappa shape index (κ1) is 25.5. The largest absolute Gasteiger partial charge is 0.488 e. The maximum Gasteiger partial charge on any atom is 0.410 e. The number of hydrogen-bond acceptors (Lipinski definition) is 6. The van der Waals surface area contributed by atoms with Crippen LogP contribution in [0.4, 0.5) is 4.79 Å². The van der Waals surface area contributed by atoms with Crippen molar-refractivity contribution in [3.8, 4) is 5.75 Å². The first-order chi connectivity index (χ1) is 16.9. The molecule has 35 heavy (non-hydrogen) atoms. The summed E-state index contributed by atoms with van der Waals surface area (Å²) in [6.45, 7) is 1.86. The van der Waals surface area contributed by atoms with E-state index in [1.165, 1.54) is 26.0 Å². The van der Waals surface area contributed by atoms with E-state index in [0.29, 0.717) is 23.5 Å². The molecular weight excluding hydrogens is 446 g/mol. The molecule has 3 aromatic carbocycles. The number of nitrogens with zero attached hydrogens (tertiary/aromatic N) is 1. The van der Waals surface area contributed by atoms with Crippen molar-refractivity contribution in [2.45, 2.75) is 32.6 Å². The summed E-state index contributed by atoms with van der Waals surface area (Å²) in [6, 6.07) is 23.1. The monoisotopic (exact) mass is 475 g/mol. The van der Waals surface area contributed by atoms with Crippen molar-refractivity contribution in [1.82, 2.24) is 4.90 Å². The number of rotatable bonds is 10. The first-order valence-electron chi connectivity index (χ1n) is 11.2. The van der Waals surface area contributed by atoms with Crippen LogP contribution in [0, 0.1) is 0 Å². The molecule has 0 aliphatic heterocycles. The van der Waals surface area contributed by atoms with Gasteiger partial charge in [-0.25, -0.2) is 9.59 Å². The Labute approximate surface area is 205 Å².